The Morgan fingerprint density at radius 1 is 1.20 bits per heavy atom. The topological polar surface area (TPSA) is 29.1 Å². The minimum atomic E-state index is 0.158. The highest BCUT2D eigenvalue weighted by Gasteiger charge is 2.33. The van der Waals surface area contributed by atoms with E-state index in [1.165, 1.54) is 12.8 Å². The molecule has 2 rings (SSSR count). The molecule has 1 N–H and O–H groups in total. The third-order valence-corrected chi connectivity index (χ3v) is 4.48. The fourth-order valence-electron chi connectivity index (χ4n) is 2.90. The summed E-state index contributed by atoms with van der Waals surface area (Å²) in [7, 11) is 0. The summed E-state index contributed by atoms with van der Waals surface area (Å²) in [5.41, 5.74) is 0. The van der Waals surface area contributed by atoms with E-state index in [9.17, 15) is 4.79 Å². The molecule has 0 aromatic rings. The smallest absolute Gasteiger partial charge is 0.223 e. The first-order valence-corrected chi connectivity index (χ1v) is 6.56. The van der Waals surface area contributed by atoms with Crippen LogP contribution in [0.5, 0.6) is 0 Å². The number of nitrogens with one attached hydrogen (secondary N) is 1. The van der Waals surface area contributed by atoms with Gasteiger partial charge in [-0.15, -0.1) is 11.6 Å². The van der Waals surface area contributed by atoms with Crippen molar-refractivity contribution in [3.05, 3.63) is 0 Å². The van der Waals surface area contributed by atoms with Crippen molar-refractivity contribution in [2.75, 3.05) is 0 Å². The first-order valence-electron chi connectivity index (χ1n) is 6.13. The van der Waals surface area contributed by atoms with Gasteiger partial charge < -0.3 is 5.32 Å². The zero-order valence-corrected chi connectivity index (χ0v) is 10.1. The van der Waals surface area contributed by atoms with Crippen molar-refractivity contribution in [2.24, 2.45) is 11.8 Å². The molecule has 0 saturated heterocycles. The fourth-order valence-corrected chi connectivity index (χ4v) is 3.25. The summed E-state index contributed by atoms with van der Waals surface area (Å²) in [5.74, 6) is 1.05. The number of carbonyl (C=O) groups excluding carboxylic acids is 1. The molecule has 0 heterocycles. The Balaban J connectivity index is 1.86. The molecule has 2 aliphatic carbocycles. The second kappa shape index (κ2) is 4.73. The summed E-state index contributed by atoms with van der Waals surface area (Å²) in [6.07, 6.45) is 6.72. The summed E-state index contributed by atoms with van der Waals surface area (Å²) in [5, 5.41) is 3.29. The van der Waals surface area contributed by atoms with Crippen LogP contribution in [0.3, 0.4) is 0 Å². The fraction of sp³-hybridized carbons (Fsp3) is 0.917. The molecule has 4 atom stereocenters. The van der Waals surface area contributed by atoms with E-state index in [0.717, 1.165) is 25.7 Å². The molecule has 0 aromatic carbocycles. The lowest BCUT2D eigenvalue weighted by Gasteiger charge is -2.20. The minimum absolute atomic E-state index is 0.158. The molecule has 0 spiro atoms. The van der Waals surface area contributed by atoms with Crippen LogP contribution in [0.25, 0.3) is 0 Å². The summed E-state index contributed by atoms with van der Waals surface area (Å²) in [6, 6.07) is 0.229. The van der Waals surface area contributed by atoms with E-state index in [2.05, 4.69) is 12.2 Å². The monoisotopic (exact) mass is 229 g/mol. The van der Waals surface area contributed by atoms with Crippen molar-refractivity contribution < 1.29 is 4.79 Å². The number of halogens is 1. The second-order valence-corrected chi connectivity index (χ2v) is 5.64. The molecule has 3 heteroatoms. The van der Waals surface area contributed by atoms with E-state index >= 15 is 0 Å². The Morgan fingerprint density at radius 3 is 2.47 bits per heavy atom. The van der Waals surface area contributed by atoms with Gasteiger partial charge in [0.1, 0.15) is 0 Å². The number of hydrogen-bond acceptors (Lipinski definition) is 1. The minimum Gasteiger partial charge on any atom is -0.352 e. The highest BCUT2D eigenvalue weighted by molar-refractivity contribution is 6.21. The lowest BCUT2D eigenvalue weighted by molar-refractivity contribution is -0.126. The first-order chi connectivity index (χ1) is 7.18. The normalized spacial score (nSPS) is 40.7. The van der Waals surface area contributed by atoms with Gasteiger partial charge in [0.05, 0.1) is 5.38 Å². The van der Waals surface area contributed by atoms with Crippen molar-refractivity contribution in [1.82, 2.24) is 5.32 Å². The molecule has 4 unspecified atom stereocenters. The molecule has 86 valence electrons. The average Bonchev–Trinajstić information content (AvgIpc) is 2.76. The molecule has 2 nitrogen and oxygen atoms in total. The van der Waals surface area contributed by atoms with E-state index in [0.29, 0.717) is 5.92 Å². The van der Waals surface area contributed by atoms with Gasteiger partial charge >= 0.3 is 0 Å². The Morgan fingerprint density at radius 2 is 1.93 bits per heavy atom. The van der Waals surface area contributed by atoms with Gasteiger partial charge in [-0.2, -0.15) is 0 Å². The van der Waals surface area contributed by atoms with Gasteiger partial charge in [0.2, 0.25) is 5.91 Å². The van der Waals surface area contributed by atoms with Gasteiger partial charge in [-0.1, -0.05) is 13.3 Å². The largest absolute Gasteiger partial charge is 0.352 e. The van der Waals surface area contributed by atoms with Gasteiger partial charge in [0, 0.05) is 12.0 Å². The number of alkyl halides is 1. The SMILES string of the molecule is CC1CCCC1C(=O)NC1CCCC1Cl. The number of hydrogen-bond donors (Lipinski definition) is 1. The first kappa shape index (κ1) is 11.3. The molecule has 15 heavy (non-hydrogen) atoms. The van der Waals surface area contributed by atoms with Crippen molar-refractivity contribution in [2.45, 2.75) is 56.9 Å². The second-order valence-electron chi connectivity index (χ2n) is 5.08. The van der Waals surface area contributed by atoms with Gasteiger partial charge in [-0.05, 0) is 38.0 Å². The van der Waals surface area contributed by atoms with Crippen LogP contribution in [-0.4, -0.2) is 17.3 Å². The lowest BCUT2D eigenvalue weighted by Crippen LogP contribution is -2.41. The van der Waals surface area contributed by atoms with Crippen LogP contribution in [0.15, 0.2) is 0 Å². The predicted molar refractivity (Wildman–Crippen MR) is 61.9 cm³/mol. The maximum absolute atomic E-state index is 12.0. The molecule has 2 fully saturated rings. The molecule has 0 aromatic heterocycles. The molecule has 1 amide bonds. The summed E-state index contributed by atoms with van der Waals surface area (Å²) in [6.45, 7) is 2.18. The van der Waals surface area contributed by atoms with Crippen LogP contribution in [0.1, 0.15) is 45.4 Å². The van der Waals surface area contributed by atoms with Gasteiger partial charge in [0.15, 0.2) is 0 Å². The van der Waals surface area contributed by atoms with Crippen molar-refractivity contribution in [3.63, 3.8) is 0 Å². The average molecular weight is 230 g/mol. The van der Waals surface area contributed by atoms with Crippen LogP contribution >= 0.6 is 11.6 Å². The maximum atomic E-state index is 12.0. The number of amides is 1. The van der Waals surface area contributed by atoms with E-state index in [1.807, 2.05) is 0 Å². The zero-order chi connectivity index (χ0) is 10.8. The molecule has 2 saturated carbocycles. The van der Waals surface area contributed by atoms with E-state index in [1.54, 1.807) is 0 Å². The lowest BCUT2D eigenvalue weighted by atomic mass is 9.97. The highest BCUT2D eigenvalue weighted by atomic mass is 35.5. The molecule has 0 bridgehead atoms. The van der Waals surface area contributed by atoms with Crippen molar-refractivity contribution in [1.29, 1.82) is 0 Å². The Kier molecular flexibility index (Phi) is 3.55. The van der Waals surface area contributed by atoms with Crippen LogP contribution in [0.4, 0.5) is 0 Å². The quantitative estimate of drug-likeness (QED) is 0.725. The zero-order valence-electron chi connectivity index (χ0n) is 9.34. The van der Waals surface area contributed by atoms with Gasteiger partial charge in [0.25, 0.3) is 0 Å². The van der Waals surface area contributed by atoms with Gasteiger partial charge in [-0.3, -0.25) is 4.79 Å². The Hall–Kier alpha value is -0.240. The molecule has 2 aliphatic rings. The third kappa shape index (κ3) is 2.47. The third-order valence-electron chi connectivity index (χ3n) is 3.96. The van der Waals surface area contributed by atoms with Crippen LogP contribution < -0.4 is 5.32 Å². The molecular formula is C12H20ClNO. The summed E-state index contributed by atoms with van der Waals surface area (Å²) in [4.78, 5) is 12.0. The number of carbonyl (C=O) groups is 1. The van der Waals surface area contributed by atoms with Crippen molar-refractivity contribution in [3.8, 4) is 0 Å². The van der Waals surface area contributed by atoms with Crippen LogP contribution in [0.2, 0.25) is 0 Å². The molecule has 0 aliphatic heterocycles. The predicted octanol–water partition coefficient (Wildman–Crippen LogP) is 2.70. The highest BCUT2D eigenvalue weighted by Crippen LogP contribution is 2.32. The van der Waals surface area contributed by atoms with E-state index in [4.69, 9.17) is 11.6 Å². The summed E-state index contributed by atoms with van der Waals surface area (Å²) >= 11 is 6.15. The van der Waals surface area contributed by atoms with Gasteiger partial charge in [-0.25, -0.2) is 0 Å². The number of rotatable bonds is 2. The molecular weight excluding hydrogens is 210 g/mol. The summed E-state index contributed by atoms with van der Waals surface area (Å²) < 4.78 is 0. The van der Waals surface area contributed by atoms with Crippen LogP contribution in [0, 0.1) is 11.8 Å². The molecule has 0 radical (unpaired) electrons. The standard InChI is InChI=1S/C12H20ClNO/c1-8-4-2-5-9(8)12(15)14-11-7-3-6-10(11)13/h8-11H,2-7H2,1H3,(H,14,15). The Labute approximate surface area is 96.8 Å². The van der Waals surface area contributed by atoms with E-state index in [-0.39, 0.29) is 23.2 Å². The van der Waals surface area contributed by atoms with E-state index < -0.39 is 0 Å². The van der Waals surface area contributed by atoms with Crippen LogP contribution in [-0.2, 0) is 4.79 Å². The van der Waals surface area contributed by atoms with Crippen molar-refractivity contribution >= 4 is 17.5 Å². The Bertz CT molecular complexity index is 244. The maximum Gasteiger partial charge on any atom is 0.223 e.